The van der Waals surface area contributed by atoms with Gasteiger partial charge in [0, 0.05) is 32.2 Å². The van der Waals surface area contributed by atoms with Crippen molar-refractivity contribution in [2.24, 2.45) is 5.73 Å². The number of rotatable bonds is 3. The maximum atomic E-state index is 12.1. The Kier molecular flexibility index (Phi) is 4.88. The van der Waals surface area contributed by atoms with Crippen molar-refractivity contribution in [3.05, 3.63) is 0 Å². The Bertz CT molecular complexity index is 200. The first-order chi connectivity index (χ1) is 7.16. The Morgan fingerprint density at radius 3 is 2.40 bits per heavy atom. The summed E-state index contributed by atoms with van der Waals surface area (Å²) in [5, 5.41) is 0. The molecule has 4 heteroatoms. The molecule has 1 heterocycles. The SMILES string of the molecule is CC(C)N(CCN)C(=O)N1CCCCC1. The third kappa shape index (κ3) is 3.38. The fraction of sp³-hybridized carbons (Fsp3) is 0.909. The lowest BCUT2D eigenvalue weighted by Crippen LogP contribution is -2.49. The Morgan fingerprint density at radius 2 is 1.93 bits per heavy atom. The molecule has 0 atom stereocenters. The highest BCUT2D eigenvalue weighted by molar-refractivity contribution is 5.74. The van der Waals surface area contributed by atoms with Crippen molar-refractivity contribution in [2.75, 3.05) is 26.2 Å². The first-order valence-electron chi connectivity index (χ1n) is 5.92. The molecule has 0 radical (unpaired) electrons. The number of nitrogens with zero attached hydrogens (tertiary/aromatic N) is 2. The van der Waals surface area contributed by atoms with Crippen LogP contribution in [0.15, 0.2) is 0 Å². The zero-order chi connectivity index (χ0) is 11.3. The average Bonchev–Trinajstić information content (AvgIpc) is 2.26. The van der Waals surface area contributed by atoms with Gasteiger partial charge in [-0.15, -0.1) is 0 Å². The van der Waals surface area contributed by atoms with Gasteiger partial charge in [-0.1, -0.05) is 0 Å². The lowest BCUT2D eigenvalue weighted by atomic mass is 10.1. The van der Waals surface area contributed by atoms with Gasteiger partial charge in [-0.3, -0.25) is 0 Å². The zero-order valence-corrected chi connectivity index (χ0v) is 9.91. The Labute approximate surface area is 92.4 Å². The zero-order valence-electron chi connectivity index (χ0n) is 9.91. The molecule has 15 heavy (non-hydrogen) atoms. The van der Waals surface area contributed by atoms with E-state index >= 15 is 0 Å². The summed E-state index contributed by atoms with van der Waals surface area (Å²) in [6, 6.07) is 0.401. The van der Waals surface area contributed by atoms with Gasteiger partial charge in [0.15, 0.2) is 0 Å². The topological polar surface area (TPSA) is 49.6 Å². The molecule has 0 aliphatic carbocycles. The summed E-state index contributed by atoms with van der Waals surface area (Å²) in [7, 11) is 0. The van der Waals surface area contributed by atoms with Crippen LogP contribution in [-0.2, 0) is 0 Å². The van der Waals surface area contributed by atoms with Crippen molar-refractivity contribution in [1.82, 2.24) is 9.80 Å². The standard InChI is InChI=1S/C11H23N3O/c1-10(2)14(9-6-12)11(15)13-7-4-3-5-8-13/h10H,3-9,12H2,1-2H3. The van der Waals surface area contributed by atoms with Gasteiger partial charge in [0.1, 0.15) is 0 Å². The van der Waals surface area contributed by atoms with Gasteiger partial charge in [0.2, 0.25) is 0 Å². The van der Waals surface area contributed by atoms with E-state index in [9.17, 15) is 4.79 Å². The lowest BCUT2D eigenvalue weighted by molar-refractivity contribution is 0.133. The number of carbonyl (C=O) groups is 1. The highest BCUT2D eigenvalue weighted by Crippen LogP contribution is 2.12. The van der Waals surface area contributed by atoms with Gasteiger partial charge in [0.25, 0.3) is 0 Å². The number of urea groups is 1. The van der Waals surface area contributed by atoms with Crippen LogP contribution in [-0.4, -0.2) is 48.1 Å². The van der Waals surface area contributed by atoms with Crippen LogP contribution in [0.4, 0.5) is 4.79 Å². The highest BCUT2D eigenvalue weighted by Gasteiger charge is 2.23. The van der Waals surface area contributed by atoms with E-state index in [4.69, 9.17) is 5.73 Å². The van der Waals surface area contributed by atoms with Crippen LogP contribution in [0.5, 0.6) is 0 Å². The molecule has 2 N–H and O–H groups in total. The van der Waals surface area contributed by atoms with Gasteiger partial charge < -0.3 is 15.5 Å². The Hall–Kier alpha value is -0.770. The summed E-state index contributed by atoms with van der Waals surface area (Å²) in [6.07, 6.45) is 3.53. The summed E-state index contributed by atoms with van der Waals surface area (Å²) in [5.41, 5.74) is 5.52. The van der Waals surface area contributed by atoms with Crippen molar-refractivity contribution >= 4 is 6.03 Å². The fourth-order valence-electron chi connectivity index (χ4n) is 1.98. The van der Waals surface area contributed by atoms with Gasteiger partial charge in [0.05, 0.1) is 0 Å². The molecule has 1 saturated heterocycles. The molecule has 0 spiro atoms. The maximum Gasteiger partial charge on any atom is 0.320 e. The highest BCUT2D eigenvalue weighted by atomic mass is 16.2. The number of likely N-dealkylation sites (tertiary alicyclic amines) is 1. The van der Waals surface area contributed by atoms with Gasteiger partial charge in [-0.2, -0.15) is 0 Å². The van der Waals surface area contributed by atoms with E-state index in [0.29, 0.717) is 13.1 Å². The molecule has 0 saturated carbocycles. The third-order valence-corrected chi connectivity index (χ3v) is 2.87. The molecular weight excluding hydrogens is 190 g/mol. The predicted octanol–water partition coefficient (Wildman–Crippen LogP) is 1.26. The van der Waals surface area contributed by atoms with Crippen LogP contribution in [0, 0.1) is 0 Å². The molecule has 0 aromatic heterocycles. The van der Waals surface area contributed by atoms with Gasteiger partial charge >= 0.3 is 6.03 Å². The van der Waals surface area contributed by atoms with Crippen molar-refractivity contribution in [2.45, 2.75) is 39.2 Å². The lowest BCUT2D eigenvalue weighted by Gasteiger charge is -2.35. The van der Waals surface area contributed by atoms with E-state index in [0.717, 1.165) is 25.9 Å². The van der Waals surface area contributed by atoms with Crippen molar-refractivity contribution in [1.29, 1.82) is 0 Å². The molecule has 0 bridgehead atoms. The number of carbonyl (C=O) groups excluding carboxylic acids is 1. The molecule has 88 valence electrons. The minimum absolute atomic E-state index is 0.162. The van der Waals surface area contributed by atoms with Gasteiger partial charge in [-0.25, -0.2) is 4.79 Å². The number of amides is 2. The van der Waals surface area contributed by atoms with Crippen LogP contribution in [0.25, 0.3) is 0 Å². The van der Waals surface area contributed by atoms with E-state index in [1.54, 1.807) is 0 Å². The van der Waals surface area contributed by atoms with Crippen LogP contribution < -0.4 is 5.73 Å². The van der Waals surface area contributed by atoms with E-state index < -0.39 is 0 Å². The molecule has 0 unspecified atom stereocenters. The first kappa shape index (κ1) is 12.3. The van der Waals surface area contributed by atoms with Crippen LogP contribution in [0.2, 0.25) is 0 Å². The quantitative estimate of drug-likeness (QED) is 0.767. The summed E-state index contributed by atoms with van der Waals surface area (Å²) in [6.45, 7) is 7.10. The van der Waals surface area contributed by atoms with Gasteiger partial charge in [-0.05, 0) is 33.1 Å². The summed E-state index contributed by atoms with van der Waals surface area (Å²) in [4.78, 5) is 15.9. The third-order valence-electron chi connectivity index (χ3n) is 2.87. The van der Waals surface area contributed by atoms with Crippen molar-refractivity contribution in [3.8, 4) is 0 Å². The minimum atomic E-state index is 0.162. The normalized spacial score (nSPS) is 16.9. The first-order valence-corrected chi connectivity index (χ1v) is 5.92. The maximum absolute atomic E-state index is 12.1. The molecule has 1 aliphatic rings. The second-order valence-corrected chi connectivity index (χ2v) is 4.41. The Balaban J connectivity index is 2.53. The van der Waals surface area contributed by atoms with Crippen LogP contribution >= 0.6 is 0 Å². The van der Waals surface area contributed by atoms with E-state index in [1.807, 2.05) is 23.6 Å². The minimum Gasteiger partial charge on any atom is -0.329 e. The molecule has 2 amide bonds. The predicted molar refractivity (Wildman–Crippen MR) is 61.7 cm³/mol. The molecule has 1 aliphatic heterocycles. The summed E-state index contributed by atoms with van der Waals surface area (Å²) in [5.74, 6) is 0. The van der Waals surface area contributed by atoms with E-state index in [1.165, 1.54) is 6.42 Å². The smallest absolute Gasteiger partial charge is 0.320 e. The Morgan fingerprint density at radius 1 is 1.33 bits per heavy atom. The molecule has 1 rings (SSSR count). The molecule has 0 aromatic rings. The molecular formula is C11H23N3O. The fourth-order valence-corrected chi connectivity index (χ4v) is 1.98. The van der Waals surface area contributed by atoms with E-state index in [2.05, 4.69) is 0 Å². The second-order valence-electron chi connectivity index (χ2n) is 4.41. The second kappa shape index (κ2) is 5.95. The van der Waals surface area contributed by atoms with Crippen LogP contribution in [0.3, 0.4) is 0 Å². The summed E-state index contributed by atoms with van der Waals surface area (Å²) >= 11 is 0. The molecule has 1 fully saturated rings. The van der Waals surface area contributed by atoms with Crippen molar-refractivity contribution < 1.29 is 4.79 Å². The number of hydrogen-bond acceptors (Lipinski definition) is 2. The van der Waals surface area contributed by atoms with Crippen molar-refractivity contribution in [3.63, 3.8) is 0 Å². The largest absolute Gasteiger partial charge is 0.329 e. The summed E-state index contributed by atoms with van der Waals surface area (Å²) < 4.78 is 0. The number of nitrogens with two attached hydrogens (primary N) is 1. The number of piperidine rings is 1. The van der Waals surface area contributed by atoms with Crippen LogP contribution in [0.1, 0.15) is 33.1 Å². The monoisotopic (exact) mass is 213 g/mol. The number of hydrogen-bond donors (Lipinski definition) is 1. The van der Waals surface area contributed by atoms with E-state index in [-0.39, 0.29) is 12.1 Å². The molecule has 0 aromatic carbocycles. The average molecular weight is 213 g/mol. The molecule has 4 nitrogen and oxygen atoms in total.